The number of hydrogen-bond acceptors (Lipinski definition) is 2. The molecule has 0 saturated carbocycles. The smallest absolute Gasteiger partial charge is 0.211 e. The number of benzene rings is 1. The Bertz CT molecular complexity index is 348. The molecule has 0 atom stereocenters. The number of hydrogen-bond donors (Lipinski definition) is 0. The molecule has 0 amide bonds. The van der Waals surface area contributed by atoms with Crippen LogP contribution in [0, 0.1) is 0 Å². The van der Waals surface area contributed by atoms with Crippen molar-refractivity contribution in [3.8, 4) is 0 Å². The summed E-state index contributed by atoms with van der Waals surface area (Å²) in [6.45, 7) is 2.56. The largest absolute Gasteiger partial charge is 0.234 e. The first-order valence-electron chi connectivity index (χ1n) is 4.59. The molecule has 0 saturated heterocycles. The average Bonchev–Trinajstić information content (AvgIpc) is 2.20. The molecule has 1 aromatic rings. The van der Waals surface area contributed by atoms with E-state index in [0.29, 0.717) is 6.54 Å². The fourth-order valence-electron chi connectivity index (χ4n) is 1.18. The Balaban J connectivity index is 2.55. The van der Waals surface area contributed by atoms with Crippen molar-refractivity contribution >= 4 is 12.2 Å². The molecule has 0 fully saturated rings. The van der Waals surface area contributed by atoms with E-state index < -0.39 is 0 Å². The quantitative estimate of drug-likeness (QED) is 0.526. The average molecular weight is 187 g/mol. The Hall–Kier alpha value is -1.66. The van der Waals surface area contributed by atoms with Crippen molar-refractivity contribution in [2.45, 2.75) is 13.3 Å². The predicted molar refractivity (Wildman–Crippen MR) is 57.7 cm³/mol. The van der Waals surface area contributed by atoms with Crippen LogP contribution in [0.3, 0.4) is 0 Å². The minimum atomic E-state index is 0.526. The van der Waals surface area contributed by atoms with Gasteiger partial charge < -0.3 is 0 Å². The lowest BCUT2D eigenvalue weighted by Crippen LogP contribution is -1.82. The summed E-state index contributed by atoms with van der Waals surface area (Å²) in [7, 11) is 0. The molecule has 0 unspecified atom stereocenters. The van der Waals surface area contributed by atoms with E-state index in [0.717, 1.165) is 6.42 Å². The number of rotatable bonds is 4. The molecule has 1 rings (SSSR count). The highest BCUT2D eigenvalue weighted by molar-refractivity contribution is 5.52. The van der Waals surface area contributed by atoms with Crippen LogP contribution in [-0.2, 0) is 4.79 Å². The van der Waals surface area contributed by atoms with Crippen LogP contribution in [0.1, 0.15) is 18.9 Å². The first kappa shape index (κ1) is 10.4. The second kappa shape index (κ2) is 5.90. The third-order valence-electron chi connectivity index (χ3n) is 1.90. The normalized spacial score (nSPS) is 10.8. The van der Waals surface area contributed by atoms with Crippen LogP contribution in [0.15, 0.2) is 40.9 Å². The molecule has 0 N–H and O–H groups in total. The van der Waals surface area contributed by atoms with Crippen molar-refractivity contribution in [1.82, 2.24) is 0 Å². The molecule has 0 spiro atoms. The molecule has 0 aliphatic heterocycles. The van der Waals surface area contributed by atoms with Gasteiger partial charge in [-0.3, -0.25) is 0 Å². The zero-order chi connectivity index (χ0) is 10.2. The summed E-state index contributed by atoms with van der Waals surface area (Å²) < 4.78 is 0. The third kappa shape index (κ3) is 3.83. The second-order valence-electron chi connectivity index (χ2n) is 3.12. The summed E-state index contributed by atoms with van der Waals surface area (Å²) in [6, 6.07) is 10.1. The Morgan fingerprint density at radius 1 is 1.43 bits per heavy atom. The lowest BCUT2D eigenvalue weighted by atomic mass is 10.1. The monoisotopic (exact) mass is 187 g/mol. The SMILES string of the molecule is C/C(=C\c1ccccc1)CCN=C=O. The van der Waals surface area contributed by atoms with Crippen LogP contribution in [0.25, 0.3) is 6.08 Å². The maximum atomic E-state index is 9.83. The van der Waals surface area contributed by atoms with Crippen molar-refractivity contribution in [3.63, 3.8) is 0 Å². The van der Waals surface area contributed by atoms with Crippen LogP contribution in [-0.4, -0.2) is 12.6 Å². The minimum absolute atomic E-state index is 0.526. The molecule has 2 nitrogen and oxygen atoms in total. The van der Waals surface area contributed by atoms with Crippen LogP contribution < -0.4 is 0 Å². The summed E-state index contributed by atoms with van der Waals surface area (Å²) in [6.07, 6.45) is 4.44. The summed E-state index contributed by atoms with van der Waals surface area (Å²) in [5.41, 5.74) is 2.40. The van der Waals surface area contributed by atoms with E-state index in [2.05, 4.69) is 11.1 Å². The Labute approximate surface area is 84.0 Å². The van der Waals surface area contributed by atoms with Gasteiger partial charge in [0.05, 0.1) is 6.54 Å². The van der Waals surface area contributed by atoms with Gasteiger partial charge in [-0.2, -0.15) is 0 Å². The van der Waals surface area contributed by atoms with Gasteiger partial charge in [-0.1, -0.05) is 42.0 Å². The van der Waals surface area contributed by atoms with Gasteiger partial charge in [-0.25, -0.2) is 9.79 Å². The standard InChI is InChI=1S/C12H13NO/c1-11(7-8-13-10-14)9-12-5-3-2-4-6-12/h2-6,9H,7-8H2,1H3/b11-9+. The van der Waals surface area contributed by atoms with Crippen molar-refractivity contribution in [1.29, 1.82) is 0 Å². The number of isocyanates is 1. The van der Waals surface area contributed by atoms with Crippen LogP contribution >= 0.6 is 0 Å². The van der Waals surface area contributed by atoms with Crippen molar-refractivity contribution in [3.05, 3.63) is 41.5 Å². The van der Waals surface area contributed by atoms with Crippen LogP contribution in [0.2, 0.25) is 0 Å². The summed E-state index contributed by atoms with van der Waals surface area (Å²) in [5.74, 6) is 0. The van der Waals surface area contributed by atoms with Gasteiger partial charge >= 0.3 is 0 Å². The Morgan fingerprint density at radius 2 is 2.14 bits per heavy atom. The Morgan fingerprint density at radius 3 is 2.79 bits per heavy atom. The molecule has 72 valence electrons. The number of nitrogens with zero attached hydrogens (tertiary/aromatic N) is 1. The third-order valence-corrected chi connectivity index (χ3v) is 1.90. The van der Waals surface area contributed by atoms with E-state index in [1.165, 1.54) is 17.2 Å². The molecular weight excluding hydrogens is 174 g/mol. The zero-order valence-electron chi connectivity index (χ0n) is 8.23. The van der Waals surface area contributed by atoms with E-state index >= 15 is 0 Å². The first-order chi connectivity index (χ1) is 6.83. The fourth-order valence-corrected chi connectivity index (χ4v) is 1.18. The molecule has 1 aromatic carbocycles. The van der Waals surface area contributed by atoms with Gasteiger partial charge in [0.15, 0.2) is 0 Å². The molecule has 0 aliphatic carbocycles. The highest BCUT2D eigenvalue weighted by Gasteiger charge is 1.90. The highest BCUT2D eigenvalue weighted by Crippen LogP contribution is 2.08. The molecule has 0 radical (unpaired) electrons. The fraction of sp³-hybridized carbons (Fsp3) is 0.250. The van der Waals surface area contributed by atoms with Gasteiger partial charge in [-0.15, -0.1) is 0 Å². The van der Waals surface area contributed by atoms with Crippen molar-refractivity contribution in [2.75, 3.05) is 6.54 Å². The lowest BCUT2D eigenvalue weighted by molar-refractivity contribution is 0.563. The van der Waals surface area contributed by atoms with E-state index in [1.54, 1.807) is 0 Å². The van der Waals surface area contributed by atoms with Crippen molar-refractivity contribution in [2.24, 2.45) is 4.99 Å². The molecule has 0 heterocycles. The number of aliphatic imine (C=N–C) groups is 1. The van der Waals surface area contributed by atoms with Gasteiger partial charge in [-0.05, 0) is 18.9 Å². The molecule has 14 heavy (non-hydrogen) atoms. The van der Waals surface area contributed by atoms with E-state index in [9.17, 15) is 4.79 Å². The summed E-state index contributed by atoms with van der Waals surface area (Å²) in [5, 5.41) is 0. The molecular formula is C12H13NO. The predicted octanol–water partition coefficient (Wildman–Crippen LogP) is 2.82. The van der Waals surface area contributed by atoms with E-state index in [4.69, 9.17) is 0 Å². The zero-order valence-corrected chi connectivity index (χ0v) is 8.23. The first-order valence-corrected chi connectivity index (χ1v) is 4.59. The number of carbonyl (C=O) groups excluding carboxylic acids is 1. The van der Waals surface area contributed by atoms with Crippen LogP contribution in [0.5, 0.6) is 0 Å². The minimum Gasteiger partial charge on any atom is -0.211 e. The highest BCUT2D eigenvalue weighted by atomic mass is 16.1. The molecule has 0 bridgehead atoms. The molecule has 0 aromatic heterocycles. The van der Waals surface area contributed by atoms with E-state index in [-0.39, 0.29) is 0 Å². The van der Waals surface area contributed by atoms with Gasteiger partial charge in [0.25, 0.3) is 0 Å². The second-order valence-corrected chi connectivity index (χ2v) is 3.12. The Kier molecular flexibility index (Phi) is 4.39. The maximum Gasteiger partial charge on any atom is 0.234 e. The van der Waals surface area contributed by atoms with Gasteiger partial charge in [0.2, 0.25) is 6.08 Å². The maximum absolute atomic E-state index is 9.83. The van der Waals surface area contributed by atoms with E-state index in [1.807, 2.05) is 37.3 Å². The van der Waals surface area contributed by atoms with Gasteiger partial charge in [0.1, 0.15) is 0 Å². The summed E-state index contributed by atoms with van der Waals surface area (Å²) in [4.78, 5) is 13.3. The molecule has 2 heteroatoms. The van der Waals surface area contributed by atoms with Gasteiger partial charge in [0, 0.05) is 0 Å². The molecule has 0 aliphatic rings. The summed E-state index contributed by atoms with van der Waals surface area (Å²) >= 11 is 0. The lowest BCUT2D eigenvalue weighted by Gasteiger charge is -1.97. The van der Waals surface area contributed by atoms with Crippen molar-refractivity contribution < 1.29 is 4.79 Å². The van der Waals surface area contributed by atoms with Crippen LogP contribution in [0.4, 0.5) is 0 Å². The topological polar surface area (TPSA) is 29.4 Å².